The van der Waals surface area contributed by atoms with Crippen molar-refractivity contribution in [3.8, 4) is 0 Å². The largest absolute Gasteiger partial charge is 0.396 e. The maximum absolute atomic E-state index is 10.8. The zero-order valence-electron chi connectivity index (χ0n) is 9.47. The van der Waals surface area contributed by atoms with Gasteiger partial charge < -0.3 is 16.2 Å². The maximum atomic E-state index is 10.8. The first-order chi connectivity index (χ1) is 8.20. The van der Waals surface area contributed by atoms with Crippen molar-refractivity contribution in [1.82, 2.24) is 10.2 Å². The zero-order chi connectivity index (χ0) is 12.3. The van der Waals surface area contributed by atoms with Crippen molar-refractivity contribution in [2.75, 3.05) is 11.9 Å². The van der Waals surface area contributed by atoms with Gasteiger partial charge in [-0.2, -0.15) is 0 Å². The molecule has 6 nitrogen and oxygen atoms in total. The lowest BCUT2D eigenvalue weighted by atomic mass is 10.1. The van der Waals surface area contributed by atoms with Crippen LogP contribution >= 0.6 is 0 Å². The van der Waals surface area contributed by atoms with E-state index in [-0.39, 0.29) is 24.3 Å². The molecule has 1 amide bonds. The summed E-state index contributed by atoms with van der Waals surface area (Å²) in [5, 5.41) is 20.0. The number of nitrogens with one attached hydrogen (secondary N) is 1. The van der Waals surface area contributed by atoms with Crippen LogP contribution in [0.2, 0.25) is 0 Å². The smallest absolute Gasteiger partial charge is 0.269 e. The second kappa shape index (κ2) is 5.09. The molecule has 1 saturated carbocycles. The Hall–Kier alpha value is -1.69. The number of aliphatic hydroxyl groups is 1. The number of carbonyl (C=O) groups is 1. The van der Waals surface area contributed by atoms with Gasteiger partial charge in [0.15, 0.2) is 5.69 Å². The molecule has 0 saturated heterocycles. The summed E-state index contributed by atoms with van der Waals surface area (Å²) in [4.78, 5) is 10.8. The van der Waals surface area contributed by atoms with Gasteiger partial charge in [-0.05, 0) is 25.0 Å². The fourth-order valence-electron chi connectivity index (χ4n) is 2.18. The Balaban J connectivity index is 2.01. The van der Waals surface area contributed by atoms with Crippen molar-refractivity contribution in [1.29, 1.82) is 0 Å². The molecule has 1 aliphatic rings. The van der Waals surface area contributed by atoms with Crippen LogP contribution in [-0.2, 0) is 0 Å². The number of rotatable bonds is 4. The fourth-order valence-corrected chi connectivity index (χ4v) is 2.18. The van der Waals surface area contributed by atoms with Gasteiger partial charge in [-0.15, -0.1) is 10.2 Å². The molecule has 2 rings (SSSR count). The van der Waals surface area contributed by atoms with E-state index in [9.17, 15) is 9.90 Å². The molecule has 17 heavy (non-hydrogen) atoms. The molecule has 0 aromatic carbocycles. The minimum Gasteiger partial charge on any atom is -0.396 e. The summed E-state index contributed by atoms with van der Waals surface area (Å²) in [6.45, 7) is 0.185. The molecule has 0 bridgehead atoms. The van der Waals surface area contributed by atoms with Crippen LogP contribution < -0.4 is 11.1 Å². The standard InChI is InChI=1S/C11H16N4O2/c12-11(17)9-4-5-10(15-14-9)13-8-3-1-2-7(8)6-16/h4-5,7-8,16H,1-3,6H2,(H2,12,17)(H,13,15). The van der Waals surface area contributed by atoms with Crippen LogP contribution in [0.15, 0.2) is 12.1 Å². The quantitative estimate of drug-likeness (QED) is 0.690. The molecule has 6 heteroatoms. The van der Waals surface area contributed by atoms with E-state index in [1.807, 2.05) is 0 Å². The summed E-state index contributed by atoms with van der Waals surface area (Å²) < 4.78 is 0. The molecule has 1 aromatic rings. The molecule has 0 aliphatic heterocycles. The predicted molar refractivity (Wildman–Crippen MR) is 62.4 cm³/mol. The van der Waals surface area contributed by atoms with Crippen LogP contribution in [0.25, 0.3) is 0 Å². The Labute approximate surface area is 99.2 Å². The summed E-state index contributed by atoms with van der Waals surface area (Å²) >= 11 is 0. The van der Waals surface area contributed by atoms with Crippen molar-refractivity contribution >= 4 is 11.7 Å². The maximum Gasteiger partial charge on any atom is 0.269 e. The highest BCUT2D eigenvalue weighted by molar-refractivity contribution is 5.90. The zero-order valence-corrected chi connectivity index (χ0v) is 9.47. The van der Waals surface area contributed by atoms with Crippen molar-refractivity contribution < 1.29 is 9.90 Å². The van der Waals surface area contributed by atoms with Gasteiger partial charge in [0.2, 0.25) is 0 Å². The van der Waals surface area contributed by atoms with Crippen LogP contribution in [0.3, 0.4) is 0 Å². The number of primary amides is 1. The van der Waals surface area contributed by atoms with Gasteiger partial charge in [0, 0.05) is 18.6 Å². The molecular formula is C11H16N4O2. The summed E-state index contributed by atoms with van der Waals surface area (Å²) in [6.07, 6.45) is 3.15. The van der Waals surface area contributed by atoms with Crippen LogP contribution in [0, 0.1) is 5.92 Å². The highest BCUT2D eigenvalue weighted by atomic mass is 16.3. The van der Waals surface area contributed by atoms with Gasteiger partial charge >= 0.3 is 0 Å². The van der Waals surface area contributed by atoms with Crippen molar-refractivity contribution in [2.45, 2.75) is 25.3 Å². The van der Waals surface area contributed by atoms with E-state index in [4.69, 9.17) is 5.73 Å². The van der Waals surface area contributed by atoms with Crippen LogP contribution in [0.5, 0.6) is 0 Å². The molecule has 0 radical (unpaired) electrons. The summed E-state index contributed by atoms with van der Waals surface area (Å²) in [6, 6.07) is 3.45. The molecular weight excluding hydrogens is 220 g/mol. The van der Waals surface area contributed by atoms with E-state index in [0.29, 0.717) is 5.82 Å². The van der Waals surface area contributed by atoms with E-state index in [1.165, 1.54) is 0 Å². The second-order valence-corrected chi connectivity index (χ2v) is 4.29. The van der Waals surface area contributed by atoms with Gasteiger partial charge in [-0.1, -0.05) is 6.42 Å². The Morgan fingerprint density at radius 1 is 1.47 bits per heavy atom. The highest BCUT2D eigenvalue weighted by Crippen LogP contribution is 2.27. The topological polar surface area (TPSA) is 101 Å². The Kier molecular flexibility index (Phi) is 3.53. The number of amides is 1. The Morgan fingerprint density at radius 2 is 2.29 bits per heavy atom. The Bertz CT molecular complexity index is 393. The molecule has 0 spiro atoms. The SMILES string of the molecule is NC(=O)c1ccc(NC2CCCC2CO)nn1. The van der Waals surface area contributed by atoms with E-state index in [1.54, 1.807) is 12.1 Å². The Morgan fingerprint density at radius 3 is 2.88 bits per heavy atom. The van der Waals surface area contributed by atoms with Gasteiger partial charge in [-0.25, -0.2) is 0 Å². The van der Waals surface area contributed by atoms with Crippen LogP contribution in [0.4, 0.5) is 5.82 Å². The van der Waals surface area contributed by atoms with Gasteiger partial charge in [-0.3, -0.25) is 4.79 Å². The number of aromatic nitrogens is 2. The first kappa shape index (κ1) is 11.8. The van der Waals surface area contributed by atoms with Gasteiger partial charge in [0.1, 0.15) is 5.82 Å². The number of anilines is 1. The number of aliphatic hydroxyl groups excluding tert-OH is 1. The van der Waals surface area contributed by atoms with Crippen LogP contribution in [-0.4, -0.2) is 33.9 Å². The lowest BCUT2D eigenvalue weighted by Gasteiger charge is -2.19. The fraction of sp³-hybridized carbons (Fsp3) is 0.545. The third-order valence-corrected chi connectivity index (χ3v) is 3.14. The molecule has 2 unspecified atom stereocenters. The molecule has 1 aliphatic carbocycles. The van der Waals surface area contributed by atoms with Crippen LogP contribution in [0.1, 0.15) is 29.8 Å². The first-order valence-electron chi connectivity index (χ1n) is 5.71. The molecule has 1 heterocycles. The van der Waals surface area contributed by atoms with Gasteiger partial charge in [0.25, 0.3) is 5.91 Å². The number of nitrogens with zero attached hydrogens (tertiary/aromatic N) is 2. The number of carbonyl (C=O) groups excluding carboxylic acids is 1. The monoisotopic (exact) mass is 236 g/mol. The van der Waals surface area contributed by atoms with E-state index in [2.05, 4.69) is 15.5 Å². The van der Waals surface area contributed by atoms with Crippen molar-refractivity contribution in [3.63, 3.8) is 0 Å². The summed E-state index contributed by atoms with van der Waals surface area (Å²) in [5.41, 5.74) is 5.23. The molecule has 4 N–H and O–H groups in total. The van der Waals surface area contributed by atoms with Crippen molar-refractivity contribution in [2.24, 2.45) is 11.7 Å². The average molecular weight is 236 g/mol. The number of hydrogen-bond donors (Lipinski definition) is 3. The lowest BCUT2D eigenvalue weighted by molar-refractivity contribution is 0.0994. The lowest BCUT2D eigenvalue weighted by Crippen LogP contribution is -2.27. The number of hydrogen-bond acceptors (Lipinski definition) is 5. The summed E-state index contributed by atoms with van der Waals surface area (Å²) in [7, 11) is 0. The van der Waals surface area contributed by atoms with E-state index >= 15 is 0 Å². The highest BCUT2D eigenvalue weighted by Gasteiger charge is 2.26. The van der Waals surface area contributed by atoms with E-state index < -0.39 is 5.91 Å². The van der Waals surface area contributed by atoms with Crippen molar-refractivity contribution in [3.05, 3.63) is 17.8 Å². The minimum absolute atomic E-state index is 0.153. The molecule has 2 atom stereocenters. The third-order valence-electron chi connectivity index (χ3n) is 3.14. The molecule has 1 aromatic heterocycles. The molecule has 1 fully saturated rings. The van der Waals surface area contributed by atoms with E-state index in [0.717, 1.165) is 19.3 Å². The average Bonchev–Trinajstić information content (AvgIpc) is 2.77. The third kappa shape index (κ3) is 2.71. The summed E-state index contributed by atoms with van der Waals surface area (Å²) in [5.74, 6) is 0.297. The minimum atomic E-state index is -0.585. The normalized spacial score (nSPS) is 23.6. The predicted octanol–water partition coefficient (Wildman–Crippen LogP) is 0.148. The van der Waals surface area contributed by atoms with Gasteiger partial charge in [0.05, 0.1) is 0 Å². The molecule has 92 valence electrons. The number of nitrogens with two attached hydrogens (primary N) is 1. The second-order valence-electron chi connectivity index (χ2n) is 4.29. The first-order valence-corrected chi connectivity index (χ1v) is 5.71.